The molecule has 0 aromatic carbocycles. The molecular weight excluding hydrogens is 368 g/mol. The molecule has 0 aromatic heterocycles. The first-order chi connectivity index (χ1) is 11.1. The molecule has 25 heavy (non-hydrogen) atoms. The minimum atomic E-state index is -1.27. The summed E-state index contributed by atoms with van der Waals surface area (Å²) in [6.45, 7) is 8.19. The van der Waals surface area contributed by atoms with E-state index in [1.165, 1.54) is 0 Å². The Kier molecular flexibility index (Phi) is 20.2. The van der Waals surface area contributed by atoms with Crippen molar-refractivity contribution >= 4 is 23.5 Å². The van der Waals surface area contributed by atoms with Crippen molar-refractivity contribution in [3.8, 4) is 0 Å². The van der Waals surface area contributed by atoms with Gasteiger partial charge in [0.15, 0.2) is 0 Å². The van der Waals surface area contributed by atoms with Gasteiger partial charge in [-0.3, -0.25) is 9.59 Å². The summed E-state index contributed by atoms with van der Waals surface area (Å²) in [5, 5.41) is 20.0. The van der Waals surface area contributed by atoms with Crippen molar-refractivity contribution in [2.45, 2.75) is 79.1 Å². The summed E-state index contributed by atoms with van der Waals surface area (Å²) in [5.74, 6) is -2.01. The monoisotopic (exact) mass is 398 g/mol. The van der Waals surface area contributed by atoms with Crippen LogP contribution in [0.4, 0.5) is 0 Å². The number of carbonyl (C=O) groups excluding carboxylic acids is 4. The zero-order chi connectivity index (χ0) is 19.1. The van der Waals surface area contributed by atoms with Crippen LogP contribution < -0.4 is 10.2 Å². The van der Waals surface area contributed by atoms with Gasteiger partial charge in [0.1, 0.15) is 11.6 Å². The molecule has 0 rings (SSSR count). The van der Waals surface area contributed by atoms with Gasteiger partial charge in [0, 0.05) is 37.6 Å². The molecular formula is C18H30FeO6. The van der Waals surface area contributed by atoms with Gasteiger partial charge in [-0.1, -0.05) is 40.5 Å². The van der Waals surface area contributed by atoms with Crippen molar-refractivity contribution in [1.29, 1.82) is 0 Å². The Balaban J connectivity index is -0.000000372. The first kappa shape index (κ1) is 28.6. The first-order valence-corrected chi connectivity index (χ1v) is 8.55. The average molecular weight is 398 g/mol. The van der Waals surface area contributed by atoms with E-state index in [4.69, 9.17) is 0 Å². The summed E-state index contributed by atoms with van der Waals surface area (Å²) in [6.07, 6.45) is 3.47. The molecule has 0 fully saturated rings. The number of carboxylic acids is 2. The molecule has 0 aliphatic rings. The van der Waals surface area contributed by atoms with Crippen LogP contribution in [0.1, 0.15) is 79.1 Å². The Hall–Kier alpha value is -1.20. The van der Waals surface area contributed by atoms with Gasteiger partial charge < -0.3 is 19.8 Å². The van der Waals surface area contributed by atoms with E-state index in [2.05, 4.69) is 0 Å². The predicted octanol–water partition coefficient (Wildman–Crippen LogP) is 1.04. The molecule has 0 aliphatic carbocycles. The first-order valence-electron chi connectivity index (χ1n) is 8.55. The number of aliphatic carboxylic acids is 2. The summed E-state index contributed by atoms with van der Waals surface area (Å²) in [4.78, 5) is 41.7. The van der Waals surface area contributed by atoms with Crippen LogP contribution in [0.3, 0.4) is 0 Å². The number of carbonyl (C=O) groups is 4. The quantitative estimate of drug-likeness (QED) is 0.358. The van der Waals surface area contributed by atoms with E-state index in [9.17, 15) is 29.4 Å². The van der Waals surface area contributed by atoms with Crippen molar-refractivity contribution in [2.24, 2.45) is 11.8 Å². The van der Waals surface area contributed by atoms with Gasteiger partial charge in [0.2, 0.25) is 0 Å². The van der Waals surface area contributed by atoms with Gasteiger partial charge in [-0.25, -0.2) is 0 Å². The molecule has 0 amide bonds. The zero-order valence-corrected chi connectivity index (χ0v) is 16.7. The minimum absolute atomic E-state index is 0. The Morgan fingerprint density at radius 1 is 0.720 bits per heavy atom. The van der Waals surface area contributed by atoms with E-state index >= 15 is 0 Å². The van der Waals surface area contributed by atoms with E-state index in [1.54, 1.807) is 0 Å². The number of hydrogen-bond acceptors (Lipinski definition) is 6. The maximum absolute atomic E-state index is 10.9. The Bertz CT molecular complexity index is 370. The molecule has 0 heterocycles. The molecule has 146 valence electrons. The molecule has 0 aromatic rings. The van der Waals surface area contributed by atoms with Crippen LogP contribution in [0, 0.1) is 11.8 Å². The second kappa shape index (κ2) is 17.6. The fraction of sp³-hybridized carbons (Fsp3) is 0.778. The van der Waals surface area contributed by atoms with Gasteiger partial charge >= 0.3 is 17.1 Å². The molecule has 2 unspecified atom stereocenters. The molecule has 0 aliphatic heterocycles. The summed E-state index contributed by atoms with van der Waals surface area (Å²) in [6, 6.07) is 0. The van der Waals surface area contributed by atoms with E-state index < -0.39 is 24.8 Å². The van der Waals surface area contributed by atoms with Gasteiger partial charge in [0.25, 0.3) is 0 Å². The normalized spacial score (nSPS) is 12.0. The minimum Gasteiger partial charge on any atom is -0.550 e. The zero-order valence-electron chi connectivity index (χ0n) is 15.6. The van der Waals surface area contributed by atoms with Gasteiger partial charge in [-0.2, -0.15) is 0 Å². The average Bonchev–Trinajstić information content (AvgIpc) is 2.49. The summed E-state index contributed by atoms with van der Waals surface area (Å²) < 4.78 is 0. The predicted molar refractivity (Wildman–Crippen MR) is 86.6 cm³/mol. The van der Waals surface area contributed by atoms with Crippen LogP contribution in [-0.2, 0) is 36.2 Å². The summed E-state index contributed by atoms with van der Waals surface area (Å²) in [5.41, 5.74) is 0. The van der Waals surface area contributed by atoms with Crippen LogP contribution in [0.5, 0.6) is 0 Å². The van der Waals surface area contributed by atoms with Crippen molar-refractivity contribution in [2.75, 3.05) is 0 Å². The van der Waals surface area contributed by atoms with Crippen LogP contribution in [0.25, 0.3) is 0 Å². The molecule has 2 atom stereocenters. The maximum atomic E-state index is 10.9. The number of Topliss-reactive ketones (excluding diaryl/α,β-unsaturated/α-hetero) is 2. The van der Waals surface area contributed by atoms with Crippen molar-refractivity contribution in [3.05, 3.63) is 0 Å². The molecule has 0 N–H and O–H groups in total. The second-order valence-electron chi connectivity index (χ2n) is 6.28. The smallest absolute Gasteiger partial charge is 0.550 e. The third kappa shape index (κ3) is 22.8. The topological polar surface area (TPSA) is 114 Å². The number of ketones is 2. The largest absolute Gasteiger partial charge is 2.00 e. The second-order valence-corrected chi connectivity index (χ2v) is 6.28. The SMILES string of the molecule is CCC(C)CCC(=O)CC(=O)[O-].CCC(C)CCC(=O)CC(=O)[O-].[Fe+2]. The fourth-order valence-electron chi connectivity index (χ4n) is 1.72. The third-order valence-electron chi connectivity index (χ3n) is 3.91. The van der Waals surface area contributed by atoms with Crippen molar-refractivity contribution in [1.82, 2.24) is 0 Å². The molecule has 0 radical (unpaired) electrons. The molecule has 0 bridgehead atoms. The number of rotatable bonds is 12. The van der Waals surface area contributed by atoms with Crippen LogP contribution in [-0.4, -0.2) is 23.5 Å². The van der Waals surface area contributed by atoms with E-state index in [-0.39, 0.29) is 28.6 Å². The molecule has 0 spiro atoms. The summed E-state index contributed by atoms with van der Waals surface area (Å²) in [7, 11) is 0. The number of hydrogen-bond donors (Lipinski definition) is 0. The standard InChI is InChI=1S/2C9H16O3.Fe/c2*1-3-7(2)4-5-8(10)6-9(11)12;/h2*7H,3-6H2,1-2H3,(H,11,12);/q;;+2/p-2. The number of carboxylic acid groups (broad SMARTS) is 2. The van der Waals surface area contributed by atoms with Crippen molar-refractivity contribution < 1.29 is 46.5 Å². The van der Waals surface area contributed by atoms with Crippen LogP contribution >= 0.6 is 0 Å². The Morgan fingerprint density at radius 2 is 1.00 bits per heavy atom. The fourth-order valence-corrected chi connectivity index (χ4v) is 1.72. The van der Waals surface area contributed by atoms with Gasteiger partial charge in [-0.05, 0) is 24.7 Å². The van der Waals surface area contributed by atoms with Gasteiger partial charge in [0.05, 0.1) is 0 Å². The van der Waals surface area contributed by atoms with Crippen LogP contribution in [0.15, 0.2) is 0 Å². The van der Waals surface area contributed by atoms with E-state index in [0.29, 0.717) is 24.7 Å². The third-order valence-corrected chi connectivity index (χ3v) is 3.91. The molecule has 0 saturated heterocycles. The van der Waals surface area contributed by atoms with E-state index in [1.807, 2.05) is 27.7 Å². The molecule has 7 heteroatoms. The van der Waals surface area contributed by atoms with Crippen molar-refractivity contribution in [3.63, 3.8) is 0 Å². The Labute approximate surface area is 161 Å². The molecule has 6 nitrogen and oxygen atoms in total. The maximum Gasteiger partial charge on any atom is 2.00 e. The van der Waals surface area contributed by atoms with Crippen LogP contribution in [0.2, 0.25) is 0 Å². The Morgan fingerprint density at radius 3 is 1.20 bits per heavy atom. The summed E-state index contributed by atoms with van der Waals surface area (Å²) >= 11 is 0. The van der Waals surface area contributed by atoms with E-state index in [0.717, 1.165) is 25.7 Å². The van der Waals surface area contributed by atoms with Gasteiger partial charge in [-0.15, -0.1) is 0 Å². The molecule has 0 saturated carbocycles.